The highest BCUT2D eigenvalue weighted by Crippen LogP contribution is 2.75. The van der Waals surface area contributed by atoms with Crippen LogP contribution < -0.4 is 0 Å². The van der Waals surface area contributed by atoms with Crippen molar-refractivity contribution in [3.63, 3.8) is 0 Å². The van der Waals surface area contributed by atoms with E-state index in [1.54, 1.807) is 6.92 Å². The van der Waals surface area contributed by atoms with Crippen LogP contribution in [0.4, 0.5) is 0 Å². The number of carbonyl (C=O) groups is 2. The minimum atomic E-state index is -1.81. The Morgan fingerprint density at radius 3 is 2.44 bits per heavy atom. The van der Waals surface area contributed by atoms with E-state index in [9.17, 15) is 30.0 Å². The van der Waals surface area contributed by atoms with Crippen molar-refractivity contribution in [2.24, 2.45) is 22.7 Å². The average Bonchev–Trinajstić information content (AvgIpc) is 3.51. The van der Waals surface area contributed by atoms with Crippen LogP contribution in [0, 0.1) is 22.7 Å². The van der Waals surface area contributed by atoms with Crippen molar-refractivity contribution in [2.45, 2.75) is 114 Å². The fourth-order valence-electron chi connectivity index (χ4n) is 9.42. The van der Waals surface area contributed by atoms with E-state index in [1.807, 2.05) is 20.8 Å². The number of allylic oxidation sites excluding steroid dienone is 1. The molecule has 0 bridgehead atoms. The number of ketones is 1. The van der Waals surface area contributed by atoms with Crippen LogP contribution in [-0.4, -0.2) is 72.9 Å². The zero-order valence-corrected chi connectivity index (χ0v) is 21.7. The smallest absolute Gasteiger partial charge is 0.334 e. The molecule has 8 nitrogen and oxygen atoms in total. The summed E-state index contributed by atoms with van der Waals surface area (Å²) in [4.78, 5) is 25.8. The molecule has 0 aromatic carbocycles. The third-order valence-electron chi connectivity index (χ3n) is 12.1. The van der Waals surface area contributed by atoms with Gasteiger partial charge in [0.15, 0.2) is 5.78 Å². The quantitative estimate of drug-likeness (QED) is 0.331. The number of aliphatic hydroxyl groups is 4. The summed E-state index contributed by atoms with van der Waals surface area (Å²) in [6.07, 6.45) is 2.84. The van der Waals surface area contributed by atoms with Crippen LogP contribution in [-0.2, 0) is 19.1 Å². The van der Waals surface area contributed by atoms with Gasteiger partial charge in [-0.3, -0.25) is 4.79 Å². The van der Waals surface area contributed by atoms with Gasteiger partial charge >= 0.3 is 5.97 Å². The van der Waals surface area contributed by atoms with Crippen molar-refractivity contribution in [1.82, 2.24) is 0 Å². The molecule has 6 aliphatic rings. The number of esters is 1. The van der Waals surface area contributed by atoms with Gasteiger partial charge in [-0.15, -0.1) is 0 Å². The normalized spacial score (nSPS) is 55.2. The molecule has 0 amide bonds. The van der Waals surface area contributed by atoms with Crippen molar-refractivity contribution in [2.75, 3.05) is 0 Å². The van der Waals surface area contributed by atoms with Crippen molar-refractivity contribution in [3.8, 4) is 0 Å². The van der Waals surface area contributed by atoms with Gasteiger partial charge in [-0.2, -0.15) is 0 Å². The van der Waals surface area contributed by atoms with Gasteiger partial charge in [0.05, 0.1) is 17.1 Å². The lowest BCUT2D eigenvalue weighted by molar-refractivity contribution is -0.283. The van der Waals surface area contributed by atoms with Crippen LogP contribution >= 0.6 is 0 Å². The second-order valence-corrected chi connectivity index (χ2v) is 13.0. The van der Waals surface area contributed by atoms with Gasteiger partial charge in [-0.05, 0) is 83.8 Å². The Morgan fingerprint density at radius 2 is 1.78 bits per heavy atom. The summed E-state index contributed by atoms with van der Waals surface area (Å²) in [6.45, 7) is 8.73. The Balaban J connectivity index is 1.39. The first-order valence-corrected chi connectivity index (χ1v) is 13.2. The molecule has 6 rings (SSSR count). The molecule has 8 heteroatoms. The molecule has 198 valence electrons. The highest BCUT2D eigenvalue weighted by molar-refractivity contribution is 5.98. The summed E-state index contributed by atoms with van der Waals surface area (Å²) in [5.74, 6) is -1.19. The van der Waals surface area contributed by atoms with Crippen LogP contribution in [0.1, 0.15) is 73.1 Å². The molecule has 4 fully saturated rings. The zero-order valence-electron chi connectivity index (χ0n) is 21.7. The van der Waals surface area contributed by atoms with Gasteiger partial charge in [0.25, 0.3) is 0 Å². The highest BCUT2D eigenvalue weighted by Gasteiger charge is 2.84. The molecular weight excluding hydrogens is 464 g/mol. The number of hydrogen-bond acceptors (Lipinski definition) is 8. The van der Waals surface area contributed by atoms with Gasteiger partial charge in [0.1, 0.15) is 29.0 Å². The minimum Gasteiger partial charge on any atom is -0.455 e. The molecule has 1 saturated heterocycles. The van der Waals surface area contributed by atoms with Crippen molar-refractivity contribution in [1.29, 1.82) is 0 Å². The van der Waals surface area contributed by atoms with E-state index >= 15 is 0 Å². The summed E-state index contributed by atoms with van der Waals surface area (Å²) in [5.41, 5.74) is -6.64. The largest absolute Gasteiger partial charge is 0.455 e. The highest BCUT2D eigenvalue weighted by atomic mass is 16.6. The van der Waals surface area contributed by atoms with Crippen LogP contribution in [0.2, 0.25) is 0 Å². The lowest BCUT2D eigenvalue weighted by atomic mass is 9.42. The van der Waals surface area contributed by atoms with E-state index in [4.69, 9.17) is 9.47 Å². The molecule has 0 radical (unpaired) electrons. The lowest BCUT2D eigenvalue weighted by Crippen LogP contribution is -2.73. The molecule has 3 saturated carbocycles. The first-order chi connectivity index (χ1) is 16.6. The van der Waals surface area contributed by atoms with Crippen molar-refractivity contribution >= 4 is 11.8 Å². The maximum Gasteiger partial charge on any atom is 0.334 e. The van der Waals surface area contributed by atoms with E-state index < -0.39 is 51.4 Å². The molecule has 11 atom stereocenters. The van der Waals surface area contributed by atoms with Gasteiger partial charge in [-0.1, -0.05) is 12.5 Å². The summed E-state index contributed by atoms with van der Waals surface area (Å²) in [6, 6.07) is 0. The Morgan fingerprint density at radius 1 is 1.08 bits per heavy atom. The molecule has 4 aliphatic carbocycles. The van der Waals surface area contributed by atoms with Crippen LogP contribution in [0.25, 0.3) is 0 Å². The number of rotatable bonds is 2. The number of hydrogen-bond donors (Lipinski definition) is 4. The van der Waals surface area contributed by atoms with Crippen LogP contribution in [0.3, 0.4) is 0 Å². The van der Waals surface area contributed by atoms with Crippen molar-refractivity contribution in [3.05, 3.63) is 23.3 Å². The van der Waals surface area contributed by atoms with E-state index in [1.165, 1.54) is 19.1 Å². The molecule has 0 aromatic heterocycles. The number of aliphatic hydroxyl groups excluding tert-OH is 1. The summed E-state index contributed by atoms with van der Waals surface area (Å²) in [7, 11) is 0. The molecule has 4 N–H and O–H groups in total. The SMILES string of the molecule is CC1=C(C)C(=O)OC([C@](C)(O)[C@]2(O)CC[C@@]3(O)[C@@H]4CC5O[C@]56C(O)C=CC(=O)[C@]6(C)[C@H]4CC[C@]23C)C1. The van der Waals surface area contributed by atoms with E-state index in [-0.39, 0.29) is 36.6 Å². The second-order valence-electron chi connectivity index (χ2n) is 13.0. The van der Waals surface area contributed by atoms with Gasteiger partial charge in [0, 0.05) is 17.4 Å². The molecular formula is C28H38O8. The fraction of sp³-hybridized carbons (Fsp3) is 0.786. The molecule has 1 spiro atoms. The lowest BCUT2D eigenvalue weighted by Gasteiger charge is -2.63. The second kappa shape index (κ2) is 6.89. The maximum absolute atomic E-state index is 13.3. The Hall–Kier alpha value is -1.58. The maximum atomic E-state index is 13.3. The number of epoxide rings is 1. The van der Waals surface area contributed by atoms with E-state index in [0.29, 0.717) is 31.3 Å². The number of cyclic esters (lactones) is 1. The van der Waals surface area contributed by atoms with Gasteiger partial charge < -0.3 is 29.9 Å². The summed E-state index contributed by atoms with van der Waals surface area (Å²) in [5, 5.41) is 47.5. The average molecular weight is 503 g/mol. The van der Waals surface area contributed by atoms with Gasteiger partial charge in [-0.25, -0.2) is 4.79 Å². The fourth-order valence-corrected chi connectivity index (χ4v) is 9.42. The minimum absolute atomic E-state index is 0.0933. The number of carbonyl (C=O) groups excluding carboxylic acids is 2. The van der Waals surface area contributed by atoms with Gasteiger partial charge in [0.2, 0.25) is 0 Å². The Bertz CT molecular complexity index is 1120. The number of ether oxygens (including phenoxy) is 2. The predicted octanol–water partition coefficient (Wildman–Crippen LogP) is 1.73. The monoisotopic (exact) mass is 502 g/mol. The van der Waals surface area contributed by atoms with Crippen LogP contribution in [0.15, 0.2) is 23.3 Å². The molecule has 2 heterocycles. The predicted molar refractivity (Wildman–Crippen MR) is 127 cm³/mol. The Kier molecular flexibility index (Phi) is 4.73. The van der Waals surface area contributed by atoms with Crippen LogP contribution in [0.5, 0.6) is 0 Å². The first-order valence-electron chi connectivity index (χ1n) is 13.2. The third-order valence-corrected chi connectivity index (χ3v) is 12.1. The molecule has 3 unspecified atom stereocenters. The van der Waals surface area contributed by atoms with E-state index in [0.717, 1.165) is 5.57 Å². The van der Waals surface area contributed by atoms with Crippen molar-refractivity contribution < 1.29 is 39.5 Å². The first kappa shape index (κ1) is 24.7. The summed E-state index contributed by atoms with van der Waals surface area (Å²) >= 11 is 0. The van der Waals surface area contributed by atoms with E-state index in [2.05, 4.69) is 0 Å². The number of fused-ring (bicyclic) bond motifs is 4. The standard InChI is InChI=1S/C28H38O8/c1-14-12-20(35-22(31)15(14)2)25(5,32)27(34)11-10-26(33)17-13-21-28(36-21)19(30)7-6-18(29)24(28,4)16(17)8-9-23(26,27)3/h6-7,16-17,19-21,30,32-34H,8-13H2,1-5H3/t16-,17+,19?,20?,21?,23-,24-,25-,26+,27-,28+/m0/s1. The topological polar surface area (TPSA) is 137 Å². The zero-order chi connectivity index (χ0) is 26.3. The molecule has 2 aliphatic heterocycles. The third kappa shape index (κ3) is 2.40. The molecule has 0 aromatic rings. The summed E-state index contributed by atoms with van der Waals surface area (Å²) < 4.78 is 11.7. The molecule has 36 heavy (non-hydrogen) atoms. The Labute approximate surface area is 211 Å².